The Balaban J connectivity index is 1.22. The first-order valence-corrected chi connectivity index (χ1v) is 10.9. The van der Waals surface area contributed by atoms with Gasteiger partial charge in [0, 0.05) is 55.2 Å². The fraction of sp³-hybridized carbons (Fsp3) is 0.160. The van der Waals surface area contributed by atoms with Gasteiger partial charge in [-0.15, -0.1) is 0 Å². The quantitative estimate of drug-likeness (QED) is 0.467. The molecule has 8 heteroatoms. The monoisotopic (exact) mass is 435 g/mol. The smallest absolute Gasteiger partial charge is 0.270 e. The summed E-state index contributed by atoms with van der Waals surface area (Å²) in [7, 11) is 0. The molecule has 1 N–H and O–H groups in total. The molecule has 0 bridgehead atoms. The van der Waals surface area contributed by atoms with Crippen molar-refractivity contribution in [2.24, 2.45) is 0 Å². The molecular weight excluding hydrogens is 414 g/mol. The number of nitrogens with one attached hydrogen (secondary N) is 1. The summed E-state index contributed by atoms with van der Waals surface area (Å²) < 4.78 is 2.09. The van der Waals surface area contributed by atoms with Gasteiger partial charge in [0.2, 0.25) is 0 Å². The normalized spacial score (nSPS) is 13.3. The van der Waals surface area contributed by atoms with Crippen molar-refractivity contribution in [1.29, 1.82) is 0 Å². The number of carbonyl (C=O) groups is 1. The summed E-state index contributed by atoms with van der Waals surface area (Å²) in [6.45, 7) is 1.96. The van der Waals surface area contributed by atoms with E-state index in [9.17, 15) is 4.79 Å². The van der Waals surface area contributed by atoms with E-state index in [1.165, 1.54) is 0 Å². The van der Waals surface area contributed by atoms with Gasteiger partial charge in [0.25, 0.3) is 5.91 Å². The highest BCUT2D eigenvalue weighted by Gasteiger charge is 2.23. The van der Waals surface area contributed by atoms with Gasteiger partial charge in [-0.05, 0) is 42.0 Å². The third-order valence-electron chi connectivity index (χ3n) is 5.94. The lowest BCUT2D eigenvalue weighted by Gasteiger charge is -2.27. The van der Waals surface area contributed by atoms with E-state index in [0.717, 1.165) is 46.0 Å². The van der Waals surface area contributed by atoms with E-state index in [1.807, 2.05) is 53.6 Å². The lowest BCUT2D eigenvalue weighted by molar-refractivity contribution is 0.0702. The van der Waals surface area contributed by atoms with Crippen molar-refractivity contribution in [2.45, 2.75) is 19.5 Å². The molecule has 162 valence electrons. The third kappa shape index (κ3) is 3.76. The second-order valence-electron chi connectivity index (χ2n) is 8.12. The Bertz CT molecular complexity index is 1450. The number of fused-ring (bicyclic) bond motifs is 2. The Kier molecular flexibility index (Phi) is 4.68. The van der Waals surface area contributed by atoms with Crippen molar-refractivity contribution in [2.75, 3.05) is 6.54 Å². The van der Waals surface area contributed by atoms with E-state index in [1.54, 1.807) is 18.6 Å². The largest absolute Gasteiger partial charge is 0.351 e. The molecule has 5 heterocycles. The Labute approximate surface area is 190 Å². The minimum Gasteiger partial charge on any atom is -0.351 e. The zero-order chi connectivity index (χ0) is 22.2. The number of aromatic nitrogens is 6. The van der Waals surface area contributed by atoms with Crippen LogP contribution in [0.15, 0.2) is 73.3 Å². The first-order valence-electron chi connectivity index (χ1n) is 10.9. The van der Waals surface area contributed by atoms with Crippen LogP contribution in [-0.2, 0) is 19.5 Å². The minimum absolute atomic E-state index is 0.00612. The fourth-order valence-electron chi connectivity index (χ4n) is 4.25. The molecule has 0 fully saturated rings. The van der Waals surface area contributed by atoms with Crippen LogP contribution in [0.5, 0.6) is 0 Å². The maximum atomic E-state index is 13.1. The van der Waals surface area contributed by atoms with Crippen molar-refractivity contribution in [3.05, 3.63) is 96.2 Å². The summed E-state index contributed by atoms with van der Waals surface area (Å²) in [6, 6.07) is 15.7. The van der Waals surface area contributed by atoms with Gasteiger partial charge in [0.05, 0.1) is 17.9 Å². The van der Waals surface area contributed by atoms with Crippen LogP contribution in [0.2, 0.25) is 0 Å². The standard InChI is InChI=1S/C25H21N7O/c33-25(32-12-11-31-10-9-28-24(31)16-32)22-15-18-13-17(4-5-19(18)29-22)14-23-27-8-6-21(30-23)20-3-1-2-7-26-20/h1-10,13,15,29H,11-12,14,16H2. The third-order valence-corrected chi connectivity index (χ3v) is 5.94. The second kappa shape index (κ2) is 7.98. The summed E-state index contributed by atoms with van der Waals surface area (Å²) in [5.74, 6) is 1.64. The van der Waals surface area contributed by atoms with Crippen molar-refractivity contribution in [3.63, 3.8) is 0 Å². The van der Waals surface area contributed by atoms with E-state index in [4.69, 9.17) is 0 Å². The van der Waals surface area contributed by atoms with Crippen molar-refractivity contribution < 1.29 is 4.79 Å². The topological polar surface area (TPSA) is 92.6 Å². The van der Waals surface area contributed by atoms with Crippen LogP contribution in [0.25, 0.3) is 22.3 Å². The molecular formula is C25H21N7O. The molecule has 0 spiro atoms. The van der Waals surface area contributed by atoms with Crippen molar-refractivity contribution >= 4 is 16.8 Å². The van der Waals surface area contributed by atoms with Gasteiger partial charge >= 0.3 is 0 Å². The molecule has 1 amide bonds. The molecule has 6 rings (SSSR count). The van der Waals surface area contributed by atoms with E-state index >= 15 is 0 Å². The zero-order valence-corrected chi connectivity index (χ0v) is 17.8. The Hall–Kier alpha value is -4.33. The molecule has 1 aromatic carbocycles. The highest BCUT2D eigenvalue weighted by molar-refractivity contribution is 5.98. The number of amides is 1. The molecule has 0 saturated heterocycles. The average Bonchev–Trinajstić information content (AvgIpc) is 3.50. The Morgan fingerprint density at radius 2 is 1.91 bits per heavy atom. The average molecular weight is 435 g/mol. The lowest BCUT2D eigenvalue weighted by atomic mass is 10.1. The van der Waals surface area contributed by atoms with E-state index in [-0.39, 0.29) is 5.91 Å². The zero-order valence-electron chi connectivity index (χ0n) is 17.8. The molecule has 4 aromatic heterocycles. The van der Waals surface area contributed by atoms with Crippen molar-refractivity contribution in [3.8, 4) is 11.4 Å². The van der Waals surface area contributed by atoms with Gasteiger partial charge < -0.3 is 14.5 Å². The molecule has 0 unspecified atom stereocenters. The predicted octanol–water partition coefficient (Wildman–Crippen LogP) is 3.46. The molecule has 0 atom stereocenters. The number of imidazole rings is 1. The number of hydrogen-bond donors (Lipinski definition) is 1. The summed E-state index contributed by atoms with van der Waals surface area (Å²) in [4.78, 5) is 36.0. The lowest BCUT2D eigenvalue weighted by Crippen LogP contribution is -2.38. The van der Waals surface area contributed by atoms with Gasteiger partial charge in [-0.1, -0.05) is 12.1 Å². The van der Waals surface area contributed by atoms with Crippen LogP contribution in [0.3, 0.4) is 0 Å². The molecule has 0 saturated carbocycles. The fourth-order valence-corrected chi connectivity index (χ4v) is 4.25. The Morgan fingerprint density at radius 3 is 2.82 bits per heavy atom. The predicted molar refractivity (Wildman–Crippen MR) is 123 cm³/mol. The van der Waals surface area contributed by atoms with Crippen LogP contribution in [0, 0.1) is 0 Å². The SMILES string of the molecule is O=C(c1cc2cc(Cc3nccc(-c4ccccn4)n3)ccc2[nH]1)N1CCn2ccnc2C1. The maximum Gasteiger partial charge on any atom is 0.270 e. The molecule has 8 nitrogen and oxygen atoms in total. The van der Waals surface area contributed by atoms with E-state index < -0.39 is 0 Å². The second-order valence-corrected chi connectivity index (χ2v) is 8.12. The molecule has 5 aromatic rings. The number of H-pyrrole nitrogens is 1. The number of nitrogens with zero attached hydrogens (tertiary/aromatic N) is 6. The first kappa shape index (κ1) is 19.4. The molecule has 0 radical (unpaired) electrons. The van der Waals surface area contributed by atoms with Crippen LogP contribution >= 0.6 is 0 Å². The van der Waals surface area contributed by atoms with Crippen LogP contribution in [0.1, 0.15) is 27.7 Å². The highest BCUT2D eigenvalue weighted by atomic mass is 16.2. The number of pyridine rings is 1. The number of benzene rings is 1. The van der Waals surface area contributed by atoms with Crippen molar-refractivity contribution in [1.82, 2.24) is 34.4 Å². The minimum atomic E-state index is -0.00612. The molecule has 0 aliphatic carbocycles. The summed E-state index contributed by atoms with van der Waals surface area (Å²) >= 11 is 0. The molecule has 1 aliphatic rings. The van der Waals surface area contributed by atoms with Gasteiger partial charge in [-0.25, -0.2) is 15.0 Å². The number of aromatic amines is 1. The van der Waals surface area contributed by atoms with E-state index in [0.29, 0.717) is 25.2 Å². The first-order chi connectivity index (χ1) is 16.2. The number of carbonyl (C=O) groups excluding carboxylic acids is 1. The molecule has 33 heavy (non-hydrogen) atoms. The highest BCUT2D eigenvalue weighted by Crippen LogP contribution is 2.22. The van der Waals surface area contributed by atoms with Gasteiger partial charge in [0.1, 0.15) is 17.3 Å². The summed E-state index contributed by atoms with van der Waals surface area (Å²) in [5.41, 5.74) is 4.24. The maximum absolute atomic E-state index is 13.1. The van der Waals surface area contributed by atoms with Crippen LogP contribution in [-0.4, -0.2) is 46.8 Å². The van der Waals surface area contributed by atoms with Crippen LogP contribution < -0.4 is 0 Å². The van der Waals surface area contributed by atoms with Crippen LogP contribution in [0.4, 0.5) is 0 Å². The Morgan fingerprint density at radius 1 is 0.939 bits per heavy atom. The van der Waals surface area contributed by atoms with Gasteiger partial charge in [-0.2, -0.15) is 0 Å². The van der Waals surface area contributed by atoms with Gasteiger partial charge in [-0.3, -0.25) is 9.78 Å². The number of rotatable bonds is 4. The summed E-state index contributed by atoms with van der Waals surface area (Å²) in [5, 5.41) is 0.996. The molecule has 1 aliphatic heterocycles. The number of hydrogen-bond acceptors (Lipinski definition) is 5. The van der Waals surface area contributed by atoms with Gasteiger partial charge in [0.15, 0.2) is 0 Å². The van der Waals surface area contributed by atoms with E-state index in [2.05, 4.69) is 35.6 Å². The summed E-state index contributed by atoms with van der Waals surface area (Å²) in [6.07, 6.45) is 7.86.